The second kappa shape index (κ2) is 9.32. The summed E-state index contributed by atoms with van der Waals surface area (Å²) in [5, 5.41) is 14.1. The molecule has 7 nitrogen and oxygen atoms in total. The summed E-state index contributed by atoms with van der Waals surface area (Å²) in [7, 11) is 0. The van der Waals surface area contributed by atoms with Crippen molar-refractivity contribution in [3.05, 3.63) is 70.2 Å². The zero-order valence-electron chi connectivity index (χ0n) is 15.6. The first-order valence-electron chi connectivity index (χ1n) is 8.80. The summed E-state index contributed by atoms with van der Waals surface area (Å²) in [6.45, 7) is 2.09. The number of aromatic nitrogens is 2. The van der Waals surface area contributed by atoms with E-state index in [1.54, 1.807) is 36.4 Å². The van der Waals surface area contributed by atoms with Crippen molar-refractivity contribution in [2.24, 2.45) is 0 Å². The van der Waals surface area contributed by atoms with E-state index in [-0.39, 0.29) is 18.2 Å². The Labute approximate surface area is 176 Å². The van der Waals surface area contributed by atoms with Crippen LogP contribution in [0.1, 0.15) is 22.8 Å². The lowest BCUT2D eigenvalue weighted by Gasteiger charge is -2.15. The van der Waals surface area contributed by atoms with E-state index in [0.717, 1.165) is 11.1 Å². The lowest BCUT2D eigenvalue weighted by Crippen LogP contribution is -2.14. The molecule has 152 valence electrons. The first kappa shape index (κ1) is 21.2. The topological polar surface area (TPSA) is 124 Å². The normalized spacial score (nSPS) is 13.1. The fraction of sp³-hybridized carbons (Fsp3) is 0.200. The van der Waals surface area contributed by atoms with Gasteiger partial charge in [0.2, 0.25) is 5.95 Å². The number of anilines is 2. The zero-order valence-corrected chi connectivity index (χ0v) is 17.2. The van der Waals surface area contributed by atoms with E-state index in [9.17, 15) is 13.9 Å². The minimum Gasteiger partial charge on any atom is -0.772 e. The molecule has 0 aliphatic rings. The SMILES string of the molecule is Cc1c(Cl)cccc1-c1cc(NCC(O)c2ccc(CS(=O)[O-])cc2)nc(N)n1. The van der Waals surface area contributed by atoms with E-state index in [2.05, 4.69) is 15.3 Å². The van der Waals surface area contributed by atoms with E-state index in [1.165, 1.54) is 0 Å². The first-order valence-corrected chi connectivity index (χ1v) is 10.4. The predicted octanol–water partition coefficient (Wildman–Crippen LogP) is 3.21. The Morgan fingerprint density at radius 3 is 2.66 bits per heavy atom. The minimum atomic E-state index is -2.15. The molecular weight excluding hydrogens is 412 g/mol. The van der Waals surface area contributed by atoms with Crippen molar-refractivity contribution >= 4 is 34.4 Å². The Hall–Kier alpha value is -2.52. The van der Waals surface area contributed by atoms with Gasteiger partial charge in [-0.2, -0.15) is 4.98 Å². The van der Waals surface area contributed by atoms with Gasteiger partial charge in [0.15, 0.2) is 0 Å². The summed E-state index contributed by atoms with van der Waals surface area (Å²) in [6.07, 6.45) is -0.811. The third-order valence-electron chi connectivity index (χ3n) is 4.41. The molecule has 9 heteroatoms. The molecule has 0 fully saturated rings. The molecular formula is C20H20ClN4O3S-. The third-order valence-corrected chi connectivity index (χ3v) is 5.39. The van der Waals surface area contributed by atoms with E-state index < -0.39 is 17.2 Å². The second-order valence-electron chi connectivity index (χ2n) is 6.50. The highest BCUT2D eigenvalue weighted by Crippen LogP contribution is 2.28. The first-order chi connectivity index (χ1) is 13.8. The second-order valence-corrected chi connectivity index (χ2v) is 7.80. The Kier molecular flexibility index (Phi) is 6.81. The number of nitrogens with two attached hydrogens (primary N) is 1. The summed E-state index contributed by atoms with van der Waals surface area (Å²) in [4.78, 5) is 8.45. The summed E-state index contributed by atoms with van der Waals surface area (Å²) < 4.78 is 21.5. The Morgan fingerprint density at radius 1 is 1.24 bits per heavy atom. The van der Waals surface area contributed by atoms with Crippen LogP contribution in [0.4, 0.5) is 11.8 Å². The van der Waals surface area contributed by atoms with E-state index >= 15 is 0 Å². The standard InChI is InChI=1S/C20H21ClN4O3S/c1-12-15(3-2-4-16(12)21)17-9-19(25-20(22)24-17)23-10-18(26)14-7-5-13(6-8-14)11-29(27)28/h2-9,18,26H,10-11H2,1H3,(H,27,28)(H3,22,23,24,25)/p-1. The van der Waals surface area contributed by atoms with Gasteiger partial charge in [0.1, 0.15) is 5.82 Å². The number of nitrogen functional groups attached to an aromatic ring is 1. The van der Waals surface area contributed by atoms with Crippen LogP contribution in [0, 0.1) is 6.92 Å². The largest absolute Gasteiger partial charge is 0.772 e. The molecule has 0 bridgehead atoms. The molecule has 0 aliphatic carbocycles. The van der Waals surface area contributed by atoms with Gasteiger partial charge in [0, 0.05) is 29.0 Å². The molecule has 3 aromatic rings. The maximum absolute atomic E-state index is 10.8. The number of aliphatic hydroxyl groups excluding tert-OH is 1. The molecule has 29 heavy (non-hydrogen) atoms. The van der Waals surface area contributed by atoms with E-state index in [0.29, 0.717) is 27.7 Å². The number of nitrogens with one attached hydrogen (secondary N) is 1. The van der Waals surface area contributed by atoms with Gasteiger partial charge in [-0.1, -0.05) is 59.1 Å². The van der Waals surface area contributed by atoms with Gasteiger partial charge in [-0.3, -0.25) is 4.21 Å². The molecule has 0 radical (unpaired) electrons. The average molecular weight is 432 g/mol. The van der Waals surface area contributed by atoms with E-state index in [1.807, 2.05) is 19.1 Å². The fourth-order valence-corrected chi connectivity index (χ4v) is 3.51. The zero-order chi connectivity index (χ0) is 21.0. The molecule has 3 rings (SSSR count). The molecule has 4 N–H and O–H groups in total. The molecule has 2 unspecified atom stereocenters. The molecule has 0 saturated carbocycles. The van der Waals surface area contributed by atoms with Crippen LogP contribution in [0.15, 0.2) is 48.5 Å². The van der Waals surface area contributed by atoms with Crippen LogP contribution < -0.4 is 11.1 Å². The van der Waals surface area contributed by atoms with Crippen LogP contribution in [0.5, 0.6) is 0 Å². The lowest BCUT2D eigenvalue weighted by atomic mass is 10.1. The summed E-state index contributed by atoms with van der Waals surface area (Å²) in [6, 6.07) is 14.0. The van der Waals surface area contributed by atoms with Crippen LogP contribution in [0.25, 0.3) is 11.3 Å². The highest BCUT2D eigenvalue weighted by molar-refractivity contribution is 7.78. The van der Waals surface area contributed by atoms with Crippen molar-refractivity contribution in [3.8, 4) is 11.3 Å². The van der Waals surface area contributed by atoms with Crippen molar-refractivity contribution < 1.29 is 13.9 Å². The summed E-state index contributed by atoms with van der Waals surface area (Å²) in [5.41, 5.74) is 9.53. The number of hydrogen-bond donors (Lipinski definition) is 3. The van der Waals surface area contributed by atoms with E-state index in [4.69, 9.17) is 17.3 Å². The van der Waals surface area contributed by atoms with Crippen LogP contribution in [-0.4, -0.2) is 30.4 Å². The van der Waals surface area contributed by atoms with Gasteiger partial charge in [-0.05, 0) is 29.7 Å². The van der Waals surface area contributed by atoms with Crippen molar-refractivity contribution in [1.82, 2.24) is 9.97 Å². The number of hydrogen-bond acceptors (Lipinski definition) is 7. The maximum atomic E-state index is 10.8. The molecule has 0 amide bonds. The van der Waals surface area contributed by atoms with Crippen LogP contribution >= 0.6 is 11.6 Å². The number of rotatable bonds is 7. The van der Waals surface area contributed by atoms with Crippen molar-refractivity contribution in [1.29, 1.82) is 0 Å². The van der Waals surface area contributed by atoms with Crippen molar-refractivity contribution in [3.63, 3.8) is 0 Å². The Bertz CT molecular complexity index is 1030. The average Bonchev–Trinajstić information content (AvgIpc) is 2.68. The van der Waals surface area contributed by atoms with Gasteiger partial charge < -0.3 is 20.7 Å². The Balaban J connectivity index is 1.73. The van der Waals surface area contributed by atoms with Gasteiger partial charge in [0.05, 0.1) is 11.8 Å². The van der Waals surface area contributed by atoms with Crippen LogP contribution in [0.3, 0.4) is 0 Å². The number of halogens is 1. The molecule has 1 aromatic heterocycles. The molecule has 0 aliphatic heterocycles. The fourth-order valence-electron chi connectivity index (χ4n) is 2.87. The minimum absolute atomic E-state index is 0.0550. The lowest BCUT2D eigenvalue weighted by molar-refractivity contribution is 0.191. The molecule has 0 saturated heterocycles. The quantitative estimate of drug-likeness (QED) is 0.490. The van der Waals surface area contributed by atoms with Gasteiger partial charge in [-0.15, -0.1) is 0 Å². The monoisotopic (exact) mass is 431 g/mol. The predicted molar refractivity (Wildman–Crippen MR) is 114 cm³/mol. The number of benzene rings is 2. The molecule has 2 aromatic carbocycles. The van der Waals surface area contributed by atoms with Gasteiger partial charge in [-0.25, -0.2) is 4.98 Å². The van der Waals surface area contributed by atoms with Crippen molar-refractivity contribution in [2.45, 2.75) is 18.8 Å². The highest BCUT2D eigenvalue weighted by atomic mass is 35.5. The van der Waals surface area contributed by atoms with Crippen LogP contribution in [0.2, 0.25) is 5.02 Å². The Morgan fingerprint density at radius 2 is 1.97 bits per heavy atom. The summed E-state index contributed by atoms with van der Waals surface area (Å²) >= 11 is 4.05. The van der Waals surface area contributed by atoms with Gasteiger partial charge >= 0.3 is 0 Å². The van der Waals surface area contributed by atoms with Gasteiger partial charge in [0.25, 0.3) is 0 Å². The highest BCUT2D eigenvalue weighted by Gasteiger charge is 2.12. The maximum Gasteiger partial charge on any atom is 0.222 e. The molecule has 0 spiro atoms. The third kappa shape index (κ3) is 5.51. The van der Waals surface area contributed by atoms with Crippen LogP contribution in [-0.2, 0) is 16.8 Å². The summed E-state index contributed by atoms with van der Waals surface area (Å²) in [5.74, 6) is 0.527. The molecule has 1 heterocycles. The number of nitrogens with zero attached hydrogens (tertiary/aromatic N) is 2. The molecule has 2 atom stereocenters. The smallest absolute Gasteiger partial charge is 0.222 e. The number of aliphatic hydroxyl groups is 1. The van der Waals surface area contributed by atoms with Crippen molar-refractivity contribution in [2.75, 3.05) is 17.6 Å².